The van der Waals surface area contributed by atoms with Gasteiger partial charge in [0.1, 0.15) is 0 Å². The monoisotopic (exact) mass is 342 g/mol. The molecule has 0 saturated carbocycles. The number of oxazole rings is 1. The third-order valence-corrected chi connectivity index (χ3v) is 4.29. The Balaban J connectivity index is 1.84. The Kier molecular flexibility index (Phi) is 4.43. The highest BCUT2D eigenvalue weighted by molar-refractivity contribution is 7.13. The van der Waals surface area contributed by atoms with Crippen LogP contribution >= 0.6 is 11.3 Å². The predicted molar refractivity (Wildman–Crippen MR) is 90.3 cm³/mol. The normalized spacial score (nSPS) is 10.4. The van der Waals surface area contributed by atoms with E-state index in [4.69, 9.17) is 4.42 Å². The SMILES string of the molecule is COC(=O)c1ccc(NC(=O)c2ncoc2-c2cccs2)c(C)c1. The molecule has 0 aliphatic heterocycles. The summed E-state index contributed by atoms with van der Waals surface area (Å²) in [5.41, 5.74) is 1.97. The number of nitrogens with one attached hydrogen (secondary N) is 1. The summed E-state index contributed by atoms with van der Waals surface area (Å²) < 4.78 is 10.0. The quantitative estimate of drug-likeness (QED) is 0.730. The summed E-state index contributed by atoms with van der Waals surface area (Å²) in [6, 6.07) is 8.64. The van der Waals surface area contributed by atoms with Crippen LogP contribution < -0.4 is 5.32 Å². The van der Waals surface area contributed by atoms with Gasteiger partial charge in [-0.05, 0) is 42.1 Å². The molecule has 0 spiro atoms. The van der Waals surface area contributed by atoms with Crippen LogP contribution in [0.1, 0.15) is 26.4 Å². The van der Waals surface area contributed by atoms with E-state index in [1.807, 2.05) is 17.5 Å². The summed E-state index contributed by atoms with van der Waals surface area (Å²) in [7, 11) is 1.32. The number of thiophene rings is 1. The predicted octanol–water partition coefficient (Wildman–Crippen LogP) is 3.75. The third-order valence-electron chi connectivity index (χ3n) is 3.42. The number of amides is 1. The summed E-state index contributed by atoms with van der Waals surface area (Å²) in [6.07, 6.45) is 1.25. The van der Waals surface area contributed by atoms with Crippen LogP contribution in [0.2, 0.25) is 0 Å². The van der Waals surface area contributed by atoms with E-state index in [9.17, 15) is 9.59 Å². The third kappa shape index (κ3) is 3.07. The molecule has 24 heavy (non-hydrogen) atoms. The van der Waals surface area contributed by atoms with Crippen molar-refractivity contribution in [1.82, 2.24) is 4.98 Å². The van der Waals surface area contributed by atoms with Crippen LogP contribution in [0.25, 0.3) is 10.6 Å². The number of carbonyl (C=O) groups is 2. The molecule has 2 heterocycles. The van der Waals surface area contributed by atoms with Gasteiger partial charge in [-0.3, -0.25) is 4.79 Å². The molecule has 0 aliphatic carbocycles. The highest BCUT2D eigenvalue weighted by atomic mass is 32.1. The fourth-order valence-electron chi connectivity index (χ4n) is 2.22. The Morgan fingerprint density at radius 3 is 2.79 bits per heavy atom. The van der Waals surface area contributed by atoms with E-state index < -0.39 is 5.97 Å². The molecular weight excluding hydrogens is 328 g/mol. The lowest BCUT2D eigenvalue weighted by Gasteiger charge is -2.09. The number of esters is 1. The molecule has 6 nitrogen and oxygen atoms in total. The number of hydrogen-bond acceptors (Lipinski definition) is 6. The first-order valence-electron chi connectivity index (χ1n) is 7.08. The molecule has 1 N–H and O–H groups in total. The maximum atomic E-state index is 12.5. The summed E-state index contributed by atoms with van der Waals surface area (Å²) in [4.78, 5) is 28.9. The van der Waals surface area contributed by atoms with Crippen LogP contribution in [0.5, 0.6) is 0 Å². The first kappa shape index (κ1) is 15.9. The summed E-state index contributed by atoms with van der Waals surface area (Å²) in [5, 5.41) is 4.69. The van der Waals surface area contributed by atoms with Crippen molar-refractivity contribution in [3.63, 3.8) is 0 Å². The number of hydrogen-bond donors (Lipinski definition) is 1. The standard InChI is InChI=1S/C17H14N2O4S/c1-10-8-11(17(21)22-2)5-6-12(10)19-16(20)14-15(23-9-18-14)13-4-3-7-24-13/h3-9H,1-2H3,(H,19,20). The maximum absolute atomic E-state index is 12.5. The molecule has 1 amide bonds. The van der Waals surface area contributed by atoms with Crippen LogP contribution in [-0.2, 0) is 4.74 Å². The molecular formula is C17H14N2O4S. The first-order chi connectivity index (χ1) is 11.6. The Morgan fingerprint density at radius 2 is 2.12 bits per heavy atom. The number of carbonyl (C=O) groups excluding carboxylic acids is 2. The van der Waals surface area contributed by atoms with Gasteiger partial charge in [0.2, 0.25) is 0 Å². The summed E-state index contributed by atoms with van der Waals surface area (Å²) in [5.74, 6) is -0.361. The van der Waals surface area contributed by atoms with Crippen molar-refractivity contribution in [3.05, 3.63) is 58.9 Å². The minimum Gasteiger partial charge on any atom is -0.465 e. The lowest BCUT2D eigenvalue weighted by Crippen LogP contribution is -2.14. The molecule has 0 atom stereocenters. The van der Waals surface area contributed by atoms with Crippen molar-refractivity contribution in [2.45, 2.75) is 6.92 Å². The lowest BCUT2D eigenvalue weighted by atomic mass is 10.1. The number of anilines is 1. The topological polar surface area (TPSA) is 81.4 Å². The van der Waals surface area contributed by atoms with E-state index in [0.29, 0.717) is 17.0 Å². The zero-order valence-corrected chi connectivity index (χ0v) is 13.8. The van der Waals surface area contributed by atoms with Gasteiger partial charge >= 0.3 is 5.97 Å². The molecule has 3 rings (SSSR count). The van der Waals surface area contributed by atoms with Crippen LogP contribution in [0, 0.1) is 6.92 Å². The van der Waals surface area contributed by atoms with Gasteiger partial charge in [-0.1, -0.05) is 6.07 Å². The van der Waals surface area contributed by atoms with Gasteiger partial charge in [0.25, 0.3) is 5.91 Å². The Labute approximate surface area is 142 Å². The van der Waals surface area contributed by atoms with E-state index in [1.54, 1.807) is 25.1 Å². The number of methoxy groups -OCH3 is 1. The zero-order chi connectivity index (χ0) is 17.1. The molecule has 0 bridgehead atoms. The smallest absolute Gasteiger partial charge is 0.337 e. The molecule has 2 aromatic heterocycles. The highest BCUT2D eigenvalue weighted by Crippen LogP contribution is 2.28. The van der Waals surface area contributed by atoms with E-state index in [0.717, 1.165) is 10.4 Å². The van der Waals surface area contributed by atoms with Crippen molar-refractivity contribution in [3.8, 4) is 10.6 Å². The van der Waals surface area contributed by atoms with Gasteiger partial charge in [0, 0.05) is 5.69 Å². The van der Waals surface area contributed by atoms with E-state index in [2.05, 4.69) is 15.0 Å². The molecule has 122 valence electrons. The molecule has 0 saturated heterocycles. The van der Waals surface area contributed by atoms with Crippen molar-refractivity contribution < 1.29 is 18.7 Å². The average Bonchev–Trinajstić information content (AvgIpc) is 3.26. The van der Waals surface area contributed by atoms with Crippen LogP contribution in [0.15, 0.2) is 46.5 Å². The first-order valence-corrected chi connectivity index (χ1v) is 7.96. The maximum Gasteiger partial charge on any atom is 0.337 e. The Morgan fingerprint density at radius 1 is 1.29 bits per heavy atom. The average molecular weight is 342 g/mol. The molecule has 0 radical (unpaired) electrons. The van der Waals surface area contributed by atoms with Crippen molar-refractivity contribution in [2.75, 3.05) is 12.4 Å². The summed E-state index contributed by atoms with van der Waals surface area (Å²) in [6.45, 7) is 1.80. The number of aryl methyl sites for hydroxylation is 1. The second-order valence-corrected chi connectivity index (χ2v) is 5.93. The number of ether oxygens (including phenoxy) is 1. The second-order valence-electron chi connectivity index (χ2n) is 4.98. The van der Waals surface area contributed by atoms with Gasteiger partial charge in [-0.15, -0.1) is 11.3 Å². The largest absolute Gasteiger partial charge is 0.465 e. The summed E-state index contributed by atoms with van der Waals surface area (Å²) >= 11 is 1.46. The van der Waals surface area contributed by atoms with Gasteiger partial charge in [0.05, 0.1) is 17.6 Å². The molecule has 7 heteroatoms. The van der Waals surface area contributed by atoms with E-state index in [1.165, 1.54) is 24.8 Å². The lowest BCUT2D eigenvalue weighted by molar-refractivity contribution is 0.0600. The molecule has 0 unspecified atom stereocenters. The van der Waals surface area contributed by atoms with Crippen LogP contribution in [-0.4, -0.2) is 24.0 Å². The van der Waals surface area contributed by atoms with Crippen molar-refractivity contribution >= 4 is 28.9 Å². The Hall–Kier alpha value is -2.93. The molecule has 1 aromatic carbocycles. The zero-order valence-electron chi connectivity index (χ0n) is 13.0. The van der Waals surface area contributed by atoms with Crippen molar-refractivity contribution in [2.24, 2.45) is 0 Å². The minimum absolute atomic E-state index is 0.217. The van der Waals surface area contributed by atoms with Crippen molar-refractivity contribution in [1.29, 1.82) is 0 Å². The van der Waals surface area contributed by atoms with E-state index in [-0.39, 0.29) is 11.6 Å². The van der Waals surface area contributed by atoms with E-state index >= 15 is 0 Å². The molecule has 0 aliphatic rings. The highest BCUT2D eigenvalue weighted by Gasteiger charge is 2.20. The number of aromatic nitrogens is 1. The number of rotatable bonds is 4. The van der Waals surface area contributed by atoms with Gasteiger partial charge in [0.15, 0.2) is 17.8 Å². The second kappa shape index (κ2) is 6.67. The minimum atomic E-state index is -0.424. The fourth-order valence-corrected chi connectivity index (χ4v) is 2.93. The molecule has 0 fully saturated rings. The Bertz CT molecular complexity index is 884. The number of benzene rings is 1. The number of nitrogens with zero attached hydrogens (tertiary/aromatic N) is 1. The van der Waals surface area contributed by atoms with Gasteiger partial charge in [-0.25, -0.2) is 9.78 Å². The van der Waals surface area contributed by atoms with Gasteiger partial charge in [-0.2, -0.15) is 0 Å². The molecule has 3 aromatic rings. The van der Waals surface area contributed by atoms with Crippen LogP contribution in [0.3, 0.4) is 0 Å². The van der Waals surface area contributed by atoms with Crippen LogP contribution in [0.4, 0.5) is 5.69 Å². The fraction of sp³-hybridized carbons (Fsp3) is 0.118. The van der Waals surface area contributed by atoms with Gasteiger partial charge < -0.3 is 14.5 Å².